The van der Waals surface area contributed by atoms with Crippen LogP contribution in [0, 0.1) is 0 Å². The van der Waals surface area contributed by atoms with Gasteiger partial charge in [-0.2, -0.15) is 5.10 Å². The first-order valence-corrected chi connectivity index (χ1v) is 8.32. The van der Waals surface area contributed by atoms with E-state index < -0.39 is 11.6 Å². The van der Waals surface area contributed by atoms with Crippen LogP contribution >= 0.6 is 0 Å². The summed E-state index contributed by atoms with van der Waals surface area (Å²) in [5.74, 6) is 0.620. The molecule has 0 spiro atoms. The number of amides is 1. The lowest BCUT2D eigenvalue weighted by Gasteiger charge is -2.46. The number of para-hydroxylation sites is 1. The molecule has 26 heavy (non-hydrogen) atoms. The number of methoxy groups -OCH3 is 1. The molecule has 4 rings (SSSR count). The van der Waals surface area contributed by atoms with Crippen molar-refractivity contribution in [2.75, 3.05) is 26.7 Å². The van der Waals surface area contributed by atoms with E-state index in [0.717, 1.165) is 5.56 Å². The molecule has 0 aliphatic carbocycles. The number of ether oxygens (including phenoxy) is 1. The number of carboxylic acid groups (broad SMARTS) is 1. The Morgan fingerprint density at radius 1 is 1.31 bits per heavy atom. The molecule has 1 aromatic carbocycles. The topological polar surface area (TPSA) is 92.0 Å². The fraction of sp³-hybridized carbons (Fsp3) is 0.278. The highest BCUT2D eigenvalue weighted by Gasteiger charge is 2.48. The molecule has 1 unspecified atom stereocenters. The van der Waals surface area contributed by atoms with Gasteiger partial charge in [-0.05, 0) is 18.2 Å². The number of piperazine rings is 1. The Labute approximate surface area is 150 Å². The number of imidazole rings is 1. The van der Waals surface area contributed by atoms with E-state index in [-0.39, 0.29) is 0 Å². The van der Waals surface area contributed by atoms with Crippen molar-refractivity contribution in [1.82, 2.24) is 24.8 Å². The van der Waals surface area contributed by atoms with Gasteiger partial charge in [0.1, 0.15) is 11.3 Å². The SMILES string of the molecule is COc1ccccc1C1(c2ccc3nccn3n2)CNCCN1C(=O)O. The summed E-state index contributed by atoms with van der Waals surface area (Å²) in [5, 5.41) is 17.9. The lowest BCUT2D eigenvalue weighted by Crippen LogP contribution is -2.61. The van der Waals surface area contributed by atoms with Crippen LogP contribution in [0.25, 0.3) is 5.65 Å². The van der Waals surface area contributed by atoms with Crippen molar-refractivity contribution in [3.8, 4) is 5.75 Å². The van der Waals surface area contributed by atoms with Crippen molar-refractivity contribution < 1.29 is 14.6 Å². The van der Waals surface area contributed by atoms with Crippen LogP contribution in [0.15, 0.2) is 48.8 Å². The second kappa shape index (κ2) is 6.30. The van der Waals surface area contributed by atoms with Crippen LogP contribution in [-0.4, -0.2) is 57.4 Å². The quantitative estimate of drug-likeness (QED) is 0.743. The van der Waals surface area contributed by atoms with Gasteiger partial charge in [-0.3, -0.25) is 4.90 Å². The Balaban J connectivity index is 2.01. The van der Waals surface area contributed by atoms with E-state index in [1.54, 1.807) is 24.0 Å². The van der Waals surface area contributed by atoms with Crippen LogP contribution in [0.4, 0.5) is 4.79 Å². The number of rotatable bonds is 3. The fourth-order valence-corrected chi connectivity index (χ4v) is 3.63. The molecular formula is C18H19N5O3. The number of hydrogen-bond acceptors (Lipinski definition) is 5. The molecule has 1 aliphatic rings. The first-order valence-electron chi connectivity index (χ1n) is 8.32. The second-order valence-corrected chi connectivity index (χ2v) is 6.12. The van der Waals surface area contributed by atoms with E-state index in [2.05, 4.69) is 15.4 Å². The zero-order valence-corrected chi connectivity index (χ0v) is 14.3. The lowest BCUT2D eigenvalue weighted by molar-refractivity contribution is 0.0724. The zero-order valence-electron chi connectivity index (χ0n) is 14.3. The molecule has 0 radical (unpaired) electrons. The van der Waals surface area contributed by atoms with Gasteiger partial charge in [-0.25, -0.2) is 14.3 Å². The van der Waals surface area contributed by atoms with Crippen LogP contribution in [0.5, 0.6) is 5.75 Å². The lowest BCUT2D eigenvalue weighted by atomic mass is 9.82. The predicted molar refractivity (Wildman–Crippen MR) is 94.4 cm³/mol. The molecular weight excluding hydrogens is 334 g/mol. The van der Waals surface area contributed by atoms with E-state index in [1.807, 2.05) is 36.4 Å². The number of benzene rings is 1. The van der Waals surface area contributed by atoms with Crippen LogP contribution in [0.2, 0.25) is 0 Å². The van der Waals surface area contributed by atoms with Gasteiger partial charge < -0.3 is 15.2 Å². The van der Waals surface area contributed by atoms with Crippen LogP contribution < -0.4 is 10.1 Å². The Hall–Kier alpha value is -3.13. The summed E-state index contributed by atoms with van der Waals surface area (Å²) in [6.07, 6.45) is 2.41. The van der Waals surface area contributed by atoms with Crippen LogP contribution in [-0.2, 0) is 5.54 Å². The van der Waals surface area contributed by atoms with Crippen molar-refractivity contribution in [2.45, 2.75) is 5.54 Å². The minimum absolute atomic E-state index is 0.344. The number of hydrogen-bond donors (Lipinski definition) is 2. The number of fused-ring (bicyclic) bond motifs is 1. The van der Waals surface area contributed by atoms with Gasteiger partial charge in [-0.15, -0.1) is 0 Å². The van der Waals surface area contributed by atoms with Gasteiger partial charge in [0.25, 0.3) is 0 Å². The average Bonchev–Trinajstić information content (AvgIpc) is 3.15. The van der Waals surface area contributed by atoms with E-state index in [4.69, 9.17) is 4.74 Å². The summed E-state index contributed by atoms with van der Waals surface area (Å²) in [7, 11) is 1.58. The molecule has 1 aliphatic heterocycles. The molecule has 2 aromatic heterocycles. The number of nitrogens with zero attached hydrogens (tertiary/aromatic N) is 4. The molecule has 3 heterocycles. The maximum absolute atomic E-state index is 12.1. The minimum Gasteiger partial charge on any atom is -0.496 e. The van der Waals surface area contributed by atoms with Gasteiger partial charge in [-0.1, -0.05) is 18.2 Å². The maximum Gasteiger partial charge on any atom is 0.408 e. The fourth-order valence-electron chi connectivity index (χ4n) is 3.63. The molecule has 1 amide bonds. The van der Waals surface area contributed by atoms with Crippen molar-refractivity contribution in [3.05, 3.63) is 60.0 Å². The first kappa shape index (κ1) is 16.3. The normalized spacial score (nSPS) is 20.3. The summed E-state index contributed by atoms with van der Waals surface area (Å²) < 4.78 is 7.21. The van der Waals surface area contributed by atoms with Gasteiger partial charge in [0.2, 0.25) is 0 Å². The molecule has 1 saturated heterocycles. The summed E-state index contributed by atoms with van der Waals surface area (Å²) >= 11 is 0. The van der Waals surface area contributed by atoms with E-state index >= 15 is 0 Å². The predicted octanol–water partition coefficient (Wildman–Crippen LogP) is 1.56. The number of carbonyl (C=O) groups is 1. The molecule has 3 aromatic rings. The zero-order chi connectivity index (χ0) is 18.1. The minimum atomic E-state index is -1.00. The molecule has 8 nitrogen and oxygen atoms in total. The highest BCUT2D eigenvalue weighted by Crippen LogP contribution is 2.40. The molecule has 1 fully saturated rings. The average molecular weight is 353 g/mol. The van der Waals surface area contributed by atoms with Gasteiger partial charge in [0.15, 0.2) is 5.65 Å². The first-order chi connectivity index (χ1) is 12.7. The van der Waals surface area contributed by atoms with Crippen molar-refractivity contribution >= 4 is 11.7 Å². The van der Waals surface area contributed by atoms with E-state index in [0.29, 0.717) is 36.7 Å². The van der Waals surface area contributed by atoms with Gasteiger partial charge in [0.05, 0.1) is 12.8 Å². The molecule has 2 N–H and O–H groups in total. The Morgan fingerprint density at radius 2 is 2.15 bits per heavy atom. The molecule has 1 atom stereocenters. The smallest absolute Gasteiger partial charge is 0.408 e. The van der Waals surface area contributed by atoms with Gasteiger partial charge in [0, 0.05) is 37.6 Å². The molecule has 8 heteroatoms. The second-order valence-electron chi connectivity index (χ2n) is 6.12. The van der Waals surface area contributed by atoms with Crippen LogP contribution in [0.3, 0.4) is 0 Å². The maximum atomic E-state index is 12.1. The molecule has 0 saturated carbocycles. The molecule has 134 valence electrons. The molecule has 0 bridgehead atoms. The third-order valence-electron chi connectivity index (χ3n) is 4.82. The summed E-state index contributed by atoms with van der Waals surface area (Å²) in [6.45, 7) is 1.32. The Kier molecular flexibility index (Phi) is 3.96. The highest BCUT2D eigenvalue weighted by atomic mass is 16.5. The number of nitrogens with one attached hydrogen (secondary N) is 1. The highest BCUT2D eigenvalue weighted by molar-refractivity contribution is 5.69. The Bertz CT molecular complexity index is 957. The third-order valence-corrected chi connectivity index (χ3v) is 4.82. The van der Waals surface area contributed by atoms with Crippen molar-refractivity contribution in [2.24, 2.45) is 0 Å². The van der Waals surface area contributed by atoms with Gasteiger partial charge >= 0.3 is 6.09 Å². The summed E-state index contributed by atoms with van der Waals surface area (Å²) in [5.41, 5.74) is 1.07. The van der Waals surface area contributed by atoms with Crippen LogP contribution in [0.1, 0.15) is 11.3 Å². The summed E-state index contributed by atoms with van der Waals surface area (Å²) in [4.78, 5) is 17.8. The number of aromatic nitrogens is 3. The summed E-state index contributed by atoms with van der Waals surface area (Å²) in [6, 6.07) is 11.1. The standard InChI is InChI=1S/C18H19N5O3/c1-26-14-5-3-2-4-13(14)18(12-19-8-10-22(18)17(24)25)15-6-7-16-20-9-11-23(16)21-15/h2-7,9,11,19H,8,10,12H2,1H3,(H,24,25). The largest absolute Gasteiger partial charge is 0.496 e. The monoisotopic (exact) mass is 353 g/mol. The van der Waals surface area contributed by atoms with Crippen molar-refractivity contribution in [3.63, 3.8) is 0 Å². The Morgan fingerprint density at radius 3 is 2.96 bits per heavy atom. The van der Waals surface area contributed by atoms with E-state index in [1.165, 1.54) is 4.90 Å². The van der Waals surface area contributed by atoms with Crippen molar-refractivity contribution in [1.29, 1.82) is 0 Å². The van der Waals surface area contributed by atoms with E-state index in [9.17, 15) is 9.90 Å². The third kappa shape index (κ3) is 2.38.